The predicted octanol–water partition coefficient (Wildman–Crippen LogP) is 3.29. The molecular weight excluding hydrogens is 587 g/mol. The molecule has 2 amide bonds. The summed E-state index contributed by atoms with van der Waals surface area (Å²) < 4.78 is 32.4. The van der Waals surface area contributed by atoms with Gasteiger partial charge in [-0.1, -0.05) is 36.4 Å². The Morgan fingerprint density at radius 3 is 2.40 bits per heavy atom. The molecule has 4 aromatic rings. The maximum absolute atomic E-state index is 15.2. The Hall–Kier alpha value is -5.37. The van der Waals surface area contributed by atoms with E-state index in [0.717, 1.165) is 11.6 Å². The second-order valence-corrected chi connectivity index (χ2v) is 10.3. The van der Waals surface area contributed by atoms with Crippen LogP contribution in [0.2, 0.25) is 0 Å². The van der Waals surface area contributed by atoms with Gasteiger partial charge in [0.25, 0.3) is 5.91 Å². The van der Waals surface area contributed by atoms with Gasteiger partial charge in [-0.15, -0.1) is 4.68 Å². The summed E-state index contributed by atoms with van der Waals surface area (Å²) in [6.45, 7) is 4.64. The largest absolute Gasteiger partial charge is 0.496 e. The van der Waals surface area contributed by atoms with Crippen molar-refractivity contribution in [3.63, 3.8) is 0 Å². The average molecular weight is 619 g/mol. The van der Waals surface area contributed by atoms with Crippen molar-refractivity contribution in [1.29, 1.82) is 0 Å². The molecule has 0 aliphatic carbocycles. The third-order valence-electron chi connectivity index (χ3n) is 7.11. The topological polar surface area (TPSA) is 138 Å². The molecule has 0 spiro atoms. The smallest absolute Gasteiger partial charge is 0.377 e. The number of benzene rings is 3. The third-order valence-corrected chi connectivity index (χ3v) is 7.11. The molecule has 1 aromatic heterocycles. The molecule has 1 aliphatic rings. The molecule has 0 saturated carbocycles. The van der Waals surface area contributed by atoms with Crippen LogP contribution in [0.3, 0.4) is 0 Å². The summed E-state index contributed by atoms with van der Waals surface area (Å²) in [6, 6.07) is 15.9. The number of esters is 1. The number of amides is 2. The normalized spacial score (nSPS) is 13.0. The number of aromatic nitrogens is 4. The lowest BCUT2D eigenvalue weighted by Crippen LogP contribution is -2.45. The van der Waals surface area contributed by atoms with E-state index in [4.69, 9.17) is 14.2 Å². The van der Waals surface area contributed by atoms with Gasteiger partial charge in [0, 0.05) is 24.8 Å². The Kier molecular flexibility index (Phi) is 9.33. The first-order valence-electron chi connectivity index (χ1n) is 14.1. The molecule has 0 radical (unpaired) electrons. The van der Waals surface area contributed by atoms with Crippen LogP contribution in [0.1, 0.15) is 40.1 Å². The Balaban J connectivity index is 1.47. The SMILES string of the molecule is COc1ccc(N(C(=O)n2nnn(-c3c(F)cccc3C(=O)N3CCOCC3)c2=O)C(C)C)cc1C(=O)OCc1ccccc1. The number of anilines is 1. The molecule has 1 fully saturated rings. The highest BCUT2D eigenvalue weighted by Crippen LogP contribution is 2.28. The third kappa shape index (κ3) is 6.45. The fraction of sp³-hybridized carbons (Fsp3) is 0.290. The number of tetrazole rings is 1. The van der Waals surface area contributed by atoms with Crippen molar-refractivity contribution in [2.75, 3.05) is 38.3 Å². The second-order valence-electron chi connectivity index (χ2n) is 10.3. The van der Waals surface area contributed by atoms with Crippen molar-refractivity contribution in [3.05, 3.63) is 99.7 Å². The van der Waals surface area contributed by atoms with E-state index in [0.29, 0.717) is 35.7 Å². The minimum Gasteiger partial charge on any atom is -0.496 e. The molecule has 1 saturated heterocycles. The van der Waals surface area contributed by atoms with Crippen molar-refractivity contribution >= 4 is 23.6 Å². The van der Waals surface area contributed by atoms with Crippen LogP contribution in [0.4, 0.5) is 14.9 Å². The van der Waals surface area contributed by atoms with Gasteiger partial charge in [-0.3, -0.25) is 9.69 Å². The van der Waals surface area contributed by atoms with E-state index in [1.165, 1.54) is 47.2 Å². The number of rotatable bonds is 8. The van der Waals surface area contributed by atoms with E-state index in [9.17, 15) is 19.2 Å². The van der Waals surface area contributed by atoms with Crippen molar-refractivity contribution in [3.8, 4) is 11.4 Å². The van der Waals surface area contributed by atoms with Gasteiger partial charge in [0.1, 0.15) is 29.4 Å². The van der Waals surface area contributed by atoms with Crippen LogP contribution in [0.15, 0.2) is 71.5 Å². The molecule has 5 rings (SSSR count). The molecule has 45 heavy (non-hydrogen) atoms. The highest BCUT2D eigenvalue weighted by Gasteiger charge is 2.30. The van der Waals surface area contributed by atoms with Gasteiger partial charge >= 0.3 is 17.7 Å². The lowest BCUT2D eigenvalue weighted by atomic mass is 10.1. The summed E-state index contributed by atoms with van der Waals surface area (Å²) in [4.78, 5) is 56.3. The number of carbonyl (C=O) groups excluding carboxylic acids is 3. The summed E-state index contributed by atoms with van der Waals surface area (Å²) in [5.41, 5.74) is -0.569. The minimum absolute atomic E-state index is 0.0183. The van der Waals surface area contributed by atoms with Gasteiger partial charge in [-0.25, -0.2) is 18.8 Å². The van der Waals surface area contributed by atoms with E-state index < -0.39 is 41.1 Å². The summed E-state index contributed by atoms with van der Waals surface area (Å²) in [5, 5.41) is 7.49. The standard InChI is InChI=1S/C31H31FN6O7/c1-20(2)36(22-12-13-26(43-3)24(18-22)29(40)45-19-21-8-5-4-6-9-21)30(41)38-31(42)37(33-34-38)27-23(10-7-11-25(27)32)28(39)35-14-16-44-17-15-35/h4-13,18,20H,14-17,19H2,1-3H3. The number of carbonyl (C=O) groups is 3. The van der Waals surface area contributed by atoms with Gasteiger partial charge in [0.2, 0.25) is 0 Å². The second kappa shape index (κ2) is 13.5. The van der Waals surface area contributed by atoms with E-state index in [2.05, 4.69) is 10.4 Å². The van der Waals surface area contributed by atoms with Gasteiger partial charge in [0.05, 0.1) is 25.9 Å². The monoisotopic (exact) mass is 618 g/mol. The maximum Gasteiger partial charge on any atom is 0.377 e. The number of methoxy groups -OCH3 is 1. The van der Waals surface area contributed by atoms with Crippen LogP contribution < -0.4 is 15.3 Å². The number of para-hydroxylation sites is 1. The molecule has 1 aliphatic heterocycles. The molecule has 0 unspecified atom stereocenters. The van der Waals surface area contributed by atoms with Crippen LogP contribution in [0.25, 0.3) is 5.69 Å². The molecule has 3 aromatic carbocycles. The number of ether oxygens (including phenoxy) is 3. The summed E-state index contributed by atoms with van der Waals surface area (Å²) in [7, 11) is 1.40. The van der Waals surface area contributed by atoms with E-state index >= 15 is 4.39 Å². The molecule has 234 valence electrons. The first-order chi connectivity index (χ1) is 21.7. The maximum atomic E-state index is 15.2. The summed E-state index contributed by atoms with van der Waals surface area (Å²) >= 11 is 0. The molecule has 2 heterocycles. The van der Waals surface area contributed by atoms with Gasteiger partial charge < -0.3 is 19.1 Å². The van der Waals surface area contributed by atoms with Crippen LogP contribution in [0.5, 0.6) is 5.75 Å². The van der Waals surface area contributed by atoms with E-state index in [1.807, 2.05) is 30.3 Å². The predicted molar refractivity (Wildman–Crippen MR) is 159 cm³/mol. The highest BCUT2D eigenvalue weighted by molar-refractivity contribution is 5.99. The molecule has 0 atom stereocenters. The van der Waals surface area contributed by atoms with Crippen molar-refractivity contribution in [1.82, 2.24) is 24.7 Å². The van der Waals surface area contributed by atoms with Gasteiger partial charge in [0.15, 0.2) is 0 Å². The zero-order valence-corrected chi connectivity index (χ0v) is 24.9. The van der Waals surface area contributed by atoms with Crippen LogP contribution in [-0.4, -0.2) is 82.1 Å². The molecule has 14 heteroatoms. The highest BCUT2D eigenvalue weighted by atomic mass is 19.1. The Labute approximate surface area is 257 Å². The Bertz CT molecular complexity index is 1770. The minimum atomic E-state index is -1.09. The first kappa shape index (κ1) is 31.1. The lowest BCUT2D eigenvalue weighted by molar-refractivity contribution is 0.0302. The van der Waals surface area contributed by atoms with Crippen molar-refractivity contribution in [2.45, 2.75) is 26.5 Å². The van der Waals surface area contributed by atoms with Crippen molar-refractivity contribution < 1.29 is 33.0 Å². The fourth-order valence-corrected chi connectivity index (χ4v) is 4.88. The number of halogens is 1. The van der Waals surface area contributed by atoms with Crippen molar-refractivity contribution in [2.24, 2.45) is 0 Å². The Morgan fingerprint density at radius 1 is 0.978 bits per heavy atom. The molecular formula is C31H31FN6O7. The van der Waals surface area contributed by atoms with Crippen LogP contribution in [-0.2, 0) is 16.1 Å². The summed E-state index contributed by atoms with van der Waals surface area (Å²) in [6.07, 6.45) is 0. The number of hydrogen-bond acceptors (Lipinski definition) is 9. The summed E-state index contributed by atoms with van der Waals surface area (Å²) in [5.74, 6) is -1.89. The zero-order chi connectivity index (χ0) is 32.1. The quantitative estimate of drug-likeness (QED) is 0.215. The van der Waals surface area contributed by atoms with Crippen LogP contribution in [0, 0.1) is 5.82 Å². The number of nitrogens with zero attached hydrogens (tertiary/aromatic N) is 6. The fourth-order valence-electron chi connectivity index (χ4n) is 4.88. The van der Waals surface area contributed by atoms with E-state index in [-0.39, 0.29) is 29.2 Å². The first-order valence-corrected chi connectivity index (χ1v) is 14.1. The average Bonchev–Trinajstić information content (AvgIpc) is 3.44. The number of hydrogen-bond donors (Lipinski definition) is 0. The lowest BCUT2D eigenvalue weighted by Gasteiger charge is -2.27. The van der Waals surface area contributed by atoms with Crippen LogP contribution >= 0.6 is 0 Å². The van der Waals surface area contributed by atoms with Gasteiger partial charge in [-0.2, -0.15) is 4.68 Å². The molecule has 0 N–H and O–H groups in total. The van der Waals surface area contributed by atoms with E-state index in [1.54, 1.807) is 13.8 Å². The molecule has 13 nitrogen and oxygen atoms in total. The number of morpholine rings is 1. The Morgan fingerprint density at radius 2 is 1.71 bits per heavy atom. The van der Waals surface area contributed by atoms with Gasteiger partial charge in [-0.05, 0) is 60.2 Å². The zero-order valence-electron chi connectivity index (χ0n) is 24.9. The molecule has 0 bridgehead atoms.